The summed E-state index contributed by atoms with van der Waals surface area (Å²) in [6.45, 7) is 1.94. The number of imidazole rings is 1. The molecular weight excluding hydrogens is 367 g/mol. The predicted octanol–water partition coefficient (Wildman–Crippen LogP) is 3.02. The summed E-state index contributed by atoms with van der Waals surface area (Å²) in [6.07, 6.45) is 3.20. The van der Waals surface area contributed by atoms with Crippen molar-refractivity contribution in [2.75, 3.05) is 13.1 Å². The van der Waals surface area contributed by atoms with Crippen LogP contribution in [0.3, 0.4) is 0 Å². The Morgan fingerprint density at radius 2 is 1.97 bits per heavy atom. The van der Waals surface area contributed by atoms with Crippen molar-refractivity contribution in [3.63, 3.8) is 0 Å². The number of aryl methyl sites for hydroxylation is 1. The summed E-state index contributed by atoms with van der Waals surface area (Å²) >= 11 is 0. The Hall–Kier alpha value is -2.99. The van der Waals surface area contributed by atoms with Crippen LogP contribution in [0.25, 0.3) is 0 Å². The molecule has 0 saturated carbocycles. The molecule has 29 heavy (non-hydrogen) atoms. The lowest BCUT2D eigenvalue weighted by atomic mass is 10.00. The monoisotopic (exact) mass is 392 g/mol. The zero-order valence-corrected chi connectivity index (χ0v) is 16.5. The standard InChI is InChI=1S/C23H25FN4O/c1-27-16-26-20-11-13-28(15-18-6-3-2-4-7-18)22(21(20)27)23(29)25-12-10-17-8-5-9-19(24)14-17/h2-9,14,16,22H,10-13,15H2,1H3,(H,25,29)/t22-/m0/s1. The van der Waals surface area contributed by atoms with E-state index in [4.69, 9.17) is 0 Å². The molecule has 0 fully saturated rings. The molecule has 1 atom stereocenters. The summed E-state index contributed by atoms with van der Waals surface area (Å²) in [4.78, 5) is 19.9. The third kappa shape index (κ3) is 4.38. The Labute approximate surface area is 170 Å². The molecule has 0 unspecified atom stereocenters. The molecular formula is C23H25FN4O. The summed E-state index contributed by atoms with van der Waals surface area (Å²) in [7, 11) is 1.94. The van der Waals surface area contributed by atoms with Crippen LogP contribution in [0.2, 0.25) is 0 Å². The molecule has 0 saturated heterocycles. The van der Waals surface area contributed by atoms with Gasteiger partial charge in [-0.15, -0.1) is 0 Å². The zero-order chi connectivity index (χ0) is 20.2. The van der Waals surface area contributed by atoms with Crippen LogP contribution in [0, 0.1) is 5.82 Å². The van der Waals surface area contributed by atoms with Crippen LogP contribution in [-0.2, 0) is 31.2 Å². The Kier molecular flexibility index (Phi) is 5.71. The topological polar surface area (TPSA) is 50.2 Å². The predicted molar refractivity (Wildman–Crippen MR) is 110 cm³/mol. The summed E-state index contributed by atoms with van der Waals surface area (Å²) in [5.41, 5.74) is 3.99. The SMILES string of the molecule is Cn1cnc2c1[C@@H](C(=O)NCCc1cccc(F)c1)N(Cc1ccccc1)CC2. The maximum atomic E-state index is 13.4. The highest BCUT2D eigenvalue weighted by atomic mass is 19.1. The minimum absolute atomic E-state index is 0.0399. The molecule has 0 spiro atoms. The lowest BCUT2D eigenvalue weighted by Gasteiger charge is -2.35. The largest absolute Gasteiger partial charge is 0.354 e. The minimum atomic E-state index is -0.390. The number of aromatic nitrogens is 2. The second-order valence-electron chi connectivity index (χ2n) is 7.47. The van der Waals surface area contributed by atoms with Crippen molar-refractivity contribution in [1.29, 1.82) is 0 Å². The number of nitrogens with zero attached hydrogens (tertiary/aromatic N) is 3. The number of rotatable bonds is 6. The molecule has 0 bridgehead atoms. The van der Waals surface area contributed by atoms with Crippen LogP contribution in [0.1, 0.15) is 28.6 Å². The fourth-order valence-electron chi connectivity index (χ4n) is 3.98. The van der Waals surface area contributed by atoms with E-state index in [1.54, 1.807) is 12.4 Å². The van der Waals surface area contributed by atoms with Crippen molar-refractivity contribution in [1.82, 2.24) is 19.8 Å². The summed E-state index contributed by atoms with van der Waals surface area (Å²) in [5, 5.41) is 3.05. The molecule has 150 valence electrons. The average molecular weight is 392 g/mol. The average Bonchev–Trinajstić information content (AvgIpc) is 3.09. The van der Waals surface area contributed by atoms with Crippen LogP contribution in [0.15, 0.2) is 60.9 Å². The van der Waals surface area contributed by atoms with Crippen LogP contribution in [0.5, 0.6) is 0 Å². The molecule has 0 radical (unpaired) electrons. The maximum absolute atomic E-state index is 13.4. The van der Waals surface area contributed by atoms with Gasteiger partial charge < -0.3 is 9.88 Å². The van der Waals surface area contributed by atoms with E-state index < -0.39 is 0 Å². The smallest absolute Gasteiger partial charge is 0.243 e. The van der Waals surface area contributed by atoms with E-state index in [0.29, 0.717) is 19.5 Å². The molecule has 2 heterocycles. The number of fused-ring (bicyclic) bond motifs is 1. The van der Waals surface area contributed by atoms with Crippen molar-refractivity contribution in [2.45, 2.75) is 25.4 Å². The normalized spacial score (nSPS) is 16.4. The van der Waals surface area contributed by atoms with E-state index in [0.717, 1.165) is 29.9 Å². The lowest BCUT2D eigenvalue weighted by Crippen LogP contribution is -2.45. The third-order valence-electron chi connectivity index (χ3n) is 5.40. The molecule has 6 heteroatoms. The zero-order valence-electron chi connectivity index (χ0n) is 16.5. The van der Waals surface area contributed by atoms with Gasteiger partial charge in [0.05, 0.1) is 17.7 Å². The Bertz CT molecular complexity index is 986. The molecule has 0 aliphatic carbocycles. The van der Waals surface area contributed by atoms with E-state index in [1.165, 1.54) is 17.7 Å². The molecule has 1 amide bonds. The van der Waals surface area contributed by atoms with E-state index >= 15 is 0 Å². The van der Waals surface area contributed by atoms with Crippen LogP contribution in [0.4, 0.5) is 4.39 Å². The number of benzene rings is 2. The van der Waals surface area contributed by atoms with E-state index in [2.05, 4.69) is 27.3 Å². The first kappa shape index (κ1) is 19.3. The Morgan fingerprint density at radius 3 is 2.76 bits per heavy atom. The molecule has 1 aliphatic heterocycles. The summed E-state index contributed by atoms with van der Waals surface area (Å²) in [6, 6.07) is 16.3. The second-order valence-corrected chi connectivity index (χ2v) is 7.47. The highest BCUT2D eigenvalue weighted by molar-refractivity contribution is 5.83. The van der Waals surface area contributed by atoms with Crippen LogP contribution >= 0.6 is 0 Å². The first-order chi connectivity index (χ1) is 14.1. The molecule has 1 N–H and O–H groups in total. The van der Waals surface area contributed by atoms with Crippen molar-refractivity contribution < 1.29 is 9.18 Å². The van der Waals surface area contributed by atoms with Crippen molar-refractivity contribution in [3.05, 3.63) is 89.3 Å². The number of nitrogens with one attached hydrogen (secondary N) is 1. The molecule has 1 aromatic heterocycles. The second kappa shape index (κ2) is 8.57. The Balaban J connectivity index is 1.50. The molecule has 3 aromatic rings. The van der Waals surface area contributed by atoms with Gasteiger partial charge in [0.15, 0.2) is 0 Å². The van der Waals surface area contributed by atoms with E-state index in [9.17, 15) is 9.18 Å². The number of halogens is 1. The fourth-order valence-corrected chi connectivity index (χ4v) is 3.98. The van der Waals surface area contributed by atoms with Gasteiger partial charge in [-0.1, -0.05) is 42.5 Å². The number of hydrogen-bond acceptors (Lipinski definition) is 3. The number of hydrogen-bond donors (Lipinski definition) is 1. The van der Waals surface area contributed by atoms with E-state index in [1.807, 2.05) is 35.9 Å². The van der Waals surface area contributed by atoms with Gasteiger partial charge in [-0.25, -0.2) is 9.37 Å². The van der Waals surface area contributed by atoms with Crippen molar-refractivity contribution in [2.24, 2.45) is 7.05 Å². The molecule has 2 aromatic carbocycles. The van der Waals surface area contributed by atoms with Gasteiger partial charge in [0.2, 0.25) is 5.91 Å². The third-order valence-corrected chi connectivity index (χ3v) is 5.40. The van der Waals surface area contributed by atoms with Gasteiger partial charge in [0.25, 0.3) is 0 Å². The highest BCUT2D eigenvalue weighted by Crippen LogP contribution is 2.30. The van der Waals surface area contributed by atoms with Crippen LogP contribution < -0.4 is 5.32 Å². The van der Waals surface area contributed by atoms with Gasteiger partial charge in [-0.2, -0.15) is 0 Å². The minimum Gasteiger partial charge on any atom is -0.354 e. The molecule has 4 rings (SSSR count). The number of carbonyl (C=O) groups is 1. The van der Waals surface area contributed by atoms with Crippen molar-refractivity contribution in [3.8, 4) is 0 Å². The van der Waals surface area contributed by atoms with Gasteiger partial charge in [0.1, 0.15) is 11.9 Å². The van der Waals surface area contributed by atoms with Gasteiger partial charge in [-0.05, 0) is 29.7 Å². The number of carbonyl (C=O) groups excluding carboxylic acids is 1. The van der Waals surface area contributed by atoms with E-state index in [-0.39, 0.29) is 17.8 Å². The number of amides is 1. The van der Waals surface area contributed by atoms with Gasteiger partial charge >= 0.3 is 0 Å². The highest BCUT2D eigenvalue weighted by Gasteiger charge is 2.35. The van der Waals surface area contributed by atoms with Gasteiger partial charge in [0, 0.05) is 33.1 Å². The van der Waals surface area contributed by atoms with Gasteiger partial charge in [-0.3, -0.25) is 9.69 Å². The first-order valence-corrected chi connectivity index (χ1v) is 9.92. The first-order valence-electron chi connectivity index (χ1n) is 9.92. The maximum Gasteiger partial charge on any atom is 0.243 e. The summed E-state index contributed by atoms with van der Waals surface area (Å²) < 4.78 is 15.3. The lowest BCUT2D eigenvalue weighted by molar-refractivity contribution is -0.127. The van der Waals surface area contributed by atoms with Crippen molar-refractivity contribution >= 4 is 5.91 Å². The quantitative estimate of drug-likeness (QED) is 0.702. The van der Waals surface area contributed by atoms with Crippen LogP contribution in [-0.4, -0.2) is 33.4 Å². The molecule has 1 aliphatic rings. The summed E-state index contributed by atoms with van der Waals surface area (Å²) in [5.74, 6) is -0.295. The fraction of sp³-hybridized carbons (Fsp3) is 0.304. The molecule has 5 nitrogen and oxygen atoms in total. The Morgan fingerprint density at radius 1 is 1.17 bits per heavy atom.